The minimum atomic E-state index is -0.831. The zero-order chi connectivity index (χ0) is 16.9. The molecule has 4 heteroatoms. The summed E-state index contributed by atoms with van der Waals surface area (Å²) in [6, 6.07) is 13.9. The number of carboxylic acid groups (broad SMARTS) is 1. The second kappa shape index (κ2) is 7.18. The fraction of sp³-hybridized carbons (Fsp3) is 0.316. The van der Waals surface area contributed by atoms with E-state index in [4.69, 9.17) is 5.11 Å². The molecule has 0 saturated carbocycles. The van der Waals surface area contributed by atoms with Gasteiger partial charge in [0.05, 0.1) is 0 Å². The molecule has 0 aliphatic heterocycles. The van der Waals surface area contributed by atoms with E-state index in [9.17, 15) is 15.0 Å². The summed E-state index contributed by atoms with van der Waals surface area (Å²) in [6.45, 7) is 2.07. The van der Waals surface area contributed by atoms with Crippen LogP contribution in [0.3, 0.4) is 0 Å². The summed E-state index contributed by atoms with van der Waals surface area (Å²) in [7, 11) is 0. The van der Waals surface area contributed by atoms with Crippen LogP contribution in [-0.2, 0) is 10.2 Å². The summed E-state index contributed by atoms with van der Waals surface area (Å²) < 4.78 is 0. The third kappa shape index (κ3) is 3.83. The number of hydrogen-bond donors (Lipinski definition) is 3. The van der Waals surface area contributed by atoms with Crippen molar-refractivity contribution < 1.29 is 20.1 Å². The standard InChI is InChI=1S/C19H22O4/c1-2-12-19(13-11-18(22)23,14-3-7-16(20)8-4-14)15-5-9-17(21)10-6-15/h3-10,20-21H,2,11-13H2,1H3,(H,22,23). The fourth-order valence-electron chi connectivity index (χ4n) is 3.18. The van der Waals surface area contributed by atoms with Crippen molar-refractivity contribution in [2.75, 3.05) is 0 Å². The van der Waals surface area contributed by atoms with E-state index in [1.54, 1.807) is 24.3 Å². The number of carboxylic acids is 1. The zero-order valence-electron chi connectivity index (χ0n) is 13.2. The molecule has 0 amide bonds. The van der Waals surface area contributed by atoms with E-state index < -0.39 is 11.4 Å². The number of rotatable bonds is 7. The van der Waals surface area contributed by atoms with E-state index >= 15 is 0 Å². The largest absolute Gasteiger partial charge is 0.508 e. The Morgan fingerprint density at radius 3 is 1.65 bits per heavy atom. The van der Waals surface area contributed by atoms with Crippen molar-refractivity contribution in [2.45, 2.75) is 38.0 Å². The van der Waals surface area contributed by atoms with Crippen molar-refractivity contribution in [3.05, 3.63) is 59.7 Å². The maximum Gasteiger partial charge on any atom is 0.303 e. The summed E-state index contributed by atoms with van der Waals surface area (Å²) in [4.78, 5) is 11.1. The van der Waals surface area contributed by atoms with Crippen molar-refractivity contribution in [1.29, 1.82) is 0 Å². The highest BCUT2D eigenvalue weighted by Gasteiger charge is 2.33. The first-order valence-corrected chi connectivity index (χ1v) is 7.79. The van der Waals surface area contributed by atoms with Crippen LogP contribution in [0.25, 0.3) is 0 Å². The molecule has 3 N–H and O–H groups in total. The zero-order valence-corrected chi connectivity index (χ0v) is 13.2. The van der Waals surface area contributed by atoms with Crippen LogP contribution >= 0.6 is 0 Å². The minimum Gasteiger partial charge on any atom is -0.508 e. The Bertz CT molecular complexity index is 599. The lowest BCUT2D eigenvalue weighted by Gasteiger charge is -2.35. The Hall–Kier alpha value is -2.49. The minimum absolute atomic E-state index is 0.0573. The lowest BCUT2D eigenvalue weighted by atomic mass is 9.68. The van der Waals surface area contributed by atoms with Crippen molar-refractivity contribution in [3.63, 3.8) is 0 Å². The average molecular weight is 314 g/mol. The summed E-state index contributed by atoms with van der Waals surface area (Å²) >= 11 is 0. The van der Waals surface area contributed by atoms with E-state index in [2.05, 4.69) is 6.92 Å². The van der Waals surface area contributed by atoms with Crippen LogP contribution in [0.4, 0.5) is 0 Å². The number of aliphatic carboxylic acids is 1. The molecule has 0 bridgehead atoms. The van der Waals surface area contributed by atoms with Crippen LogP contribution in [-0.4, -0.2) is 21.3 Å². The molecule has 0 aliphatic rings. The van der Waals surface area contributed by atoms with Gasteiger partial charge >= 0.3 is 5.97 Å². The van der Waals surface area contributed by atoms with E-state index in [1.165, 1.54) is 0 Å². The van der Waals surface area contributed by atoms with Crippen LogP contribution in [0.15, 0.2) is 48.5 Å². The molecular weight excluding hydrogens is 292 g/mol. The third-order valence-electron chi connectivity index (χ3n) is 4.28. The Kier molecular flexibility index (Phi) is 5.27. The molecule has 0 radical (unpaired) electrons. The van der Waals surface area contributed by atoms with Crippen LogP contribution in [0.1, 0.15) is 43.7 Å². The molecule has 2 aromatic rings. The second-order valence-electron chi connectivity index (χ2n) is 5.82. The van der Waals surface area contributed by atoms with Crippen molar-refractivity contribution >= 4 is 5.97 Å². The van der Waals surface area contributed by atoms with Crippen molar-refractivity contribution in [2.24, 2.45) is 0 Å². The lowest BCUT2D eigenvalue weighted by Crippen LogP contribution is -2.28. The van der Waals surface area contributed by atoms with E-state index in [-0.39, 0.29) is 17.9 Å². The molecule has 0 fully saturated rings. The number of hydrogen-bond acceptors (Lipinski definition) is 3. The summed E-state index contributed by atoms with van der Waals surface area (Å²) in [5, 5.41) is 28.2. The Labute approximate surface area is 136 Å². The monoisotopic (exact) mass is 314 g/mol. The van der Waals surface area contributed by atoms with Gasteiger partial charge in [0.15, 0.2) is 0 Å². The number of aromatic hydroxyl groups is 2. The predicted octanol–water partition coefficient (Wildman–Crippen LogP) is 4.05. The highest BCUT2D eigenvalue weighted by atomic mass is 16.4. The molecule has 0 unspecified atom stereocenters. The maximum atomic E-state index is 11.1. The van der Waals surface area contributed by atoms with Gasteiger partial charge in [-0.1, -0.05) is 37.6 Å². The van der Waals surface area contributed by atoms with Gasteiger partial charge < -0.3 is 15.3 Å². The SMILES string of the molecule is CCCC(CCC(=O)O)(c1ccc(O)cc1)c1ccc(O)cc1. The summed E-state index contributed by atoms with van der Waals surface area (Å²) in [6.07, 6.45) is 2.20. The first-order chi connectivity index (χ1) is 11.0. The highest BCUT2D eigenvalue weighted by Crippen LogP contribution is 2.42. The normalized spacial score (nSPS) is 11.3. The number of carbonyl (C=O) groups is 1. The van der Waals surface area contributed by atoms with E-state index in [1.807, 2.05) is 24.3 Å². The molecule has 2 aromatic carbocycles. The molecule has 23 heavy (non-hydrogen) atoms. The second-order valence-corrected chi connectivity index (χ2v) is 5.82. The molecule has 4 nitrogen and oxygen atoms in total. The Morgan fingerprint density at radius 1 is 0.870 bits per heavy atom. The first kappa shape index (κ1) is 16.9. The number of benzene rings is 2. The van der Waals surface area contributed by atoms with Crippen molar-refractivity contribution in [3.8, 4) is 11.5 Å². The molecule has 0 saturated heterocycles. The van der Waals surface area contributed by atoms with Gasteiger partial charge in [-0.3, -0.25) is 4.79 Å². The van der Waals surface area contributed by atoms with E-state index in [0.29, 0.717) is 6.42 Å². The number of phenolic OH excluding ortho intramolecular Hbond substituents is 2. The van der Waals surface area contributed by atoms with Crippen LogP contribution < -0.4 is 0 Å². The summed E-state index contributed by atoms with van der Waals surface area (Å²) in [5.74, 6) is -0.464. The molecule has 0 aliphatic carbocycles. The van der Waals surface area contributed by atoms with Gasteiger partial charge in [-0.15, -0.1) is 0 Å². The van der Waals surface area contributed by atoms with Gasteiger partial charge in [-0.25, -0.2) is 0 Å². The summed E-state index contributed by atoms with van der Waals surface area (Å²) in [5.41, 5.74) is 1.50. The van der Waals surface area contributed by atoms with Crippen LogP contribution in [0.5, 0.6) is 11.5 Å². The number of phenols is 2. The fourth-order valence-corrected chi connectivity index (χ4v) is 3.18. The van der Waals surface area contributed by atoms with Gasteiger partial charge in [-0.05, 0) is 48.2 Å². The Balaban J connectivity index is 2.55. The van der Waals surface area contributed by atoms with E-state index in [0.717, 1.165) is 24.0 Å². The lowest BCUT2D eigenvalue weighted by molar-refractivity contribution is -0.137. The van der Waals surface area contributed by atoms with Crippen molar-refractivity contribution in [1.82, 2.24) is 0 Å². The van der Waals surface area contributed by atoms with Gasteiger partial charge in [0.25, 0.3) is 0 Å². The van der Waals surface area contributed by atoms with Gasteiger partial charge in [0, 0.05) is 11.8 Å². The topological polar surface area (TPSA) is 77.8 Å². The highest BCUT2D eigenvalue weighted by molar-refractivity contribution is 5.67. The molecule has 2 rings (SSSR count). The Morgan fingerprint density at radius 2 is 1.30 bits per heavy atom. The predicted molar refractivity (Wildman–Crippen MR) is 88.8 cm³/mol. The molecule has 0 heterocycles. The van der Waals surface area contributed by atoms with Crippen LogP contribution in [0, 0.1) is 0 Å². The molecule has 0 atom stereocenters. The first-order valence-electron chi connectivity index (χ1n) is 7.79. The molecule has 0 aromatic heterocycles. The van der Waals surface area contributed by atoms with Crippen LogP contribution in [0.2, 0.25) is 0 Å². The quantitative estimate of drug-likeness (QED) is 0.720. The molecule has 122 valence electrons. The molecule has 0 spiro atoms. The maximum absolute atomic E-state index is 11.1. The van der Waals surface area contributed by atoms with Gasteiger partial charge in [0.1, 0.15) is 11.5 Å². The third-order valence-corrected chi connectivity index (χ3v) is 4.28. The molecular formula is C19H22O4. The van der Waals surface area contributed by atoms with Gasteiger partial charge in [-0.2, -0.15) is 0 Å². The smallest absolute Gasteiger partial charge is 0.303 e. The van der Waals surface area contributed by atoms with Gasteiger partial charge in [0.2, 0.25) is 0 Å². The average Bonchev–Trinajstić information content (AvgIpc) is 2.53.